The van der Waals surface area contributed by atoms with Gasteiger partial charge in [-0.3, -0.25) is 0 Å². The highest BCUT2D eigenvalue weighted by atomic mass is 35.5. The summed E-state index contributed by atoms with van der Waals surface area (Å²) in [6, 6.07) is 14.5. The molecule has 3 aromatic rings. The van der Waals surface area contributed by atoms with Gasteiger partial charge < -0.3 is 9.72 Å². The molecule has 0 radical (unpaired) electrons. The monoisotopic (exact) mass is 285 g/mol. The van der Waals surface area contributed by atoms with E-state index in [1.807, 2.05) is 35.0 Å². The molecule has 0 saturated carbocycles. The number of imidazole rings is 1. The molecular weight excluding hydrogens is 270 g/mol. The van der Waals surface area contributed by atoms with Crippen molar-refractivity contribution in [3.8, 4) is 0 Å². The van der Waals surface area contributed by atoms with E-state index in [1.54, 1.807) is 0 Å². The highest BCUT2D eigenvalue weighted by Gasteiger charge is 2.06. The molecule has 1 N–H and O–H groups in total. The Morgan fingerprint density at radius 3 is 2.75 bits per heavy atom. The zero-order valence-electron chi connectivity index (χ0n) is 11.3. The molecule has 4 heteroatoms. The summed E-state index contributed by atoms with van der Waals surface area (Å²) in [4.78, 5) is 4.56. The summed E-state index contributed by atoms with van der Waals surface area (Å²) < 4.78 is 1.95. The largest absolute Gasteiger partial charge is 0.305 e. The van der Waals surface area contributed by atoms with Gasteiger partial charge in [0.15, 0.2) is 0 Å². The summed E-state index contributed by atoms with van der Waals surface area (Å²) >= 11 is 5.97. The van der Waals surface area contributed by atoms with Crippen molar-refractivity contribution in [1.29, 1.82) is 0 Å². The first-order chi connectivity index (χ1) is 9.72. The molecule has 1 unspecified atom stereocenters. The predicted octanol–water partition coefficient (Wildman–Crippen LogP) is 3.84. The highest BCUT2D eigenvalue weighted by Crippen LogP contribution is 2.14. The van der Waals surface area contributed by atoms with Crippen molar-refractivity contribution >= 4 is 17.2 Å². The summed E-state index contributed by atoms with van der Waals surface area (Å²) in [7, 11) is 0. The van der Waals surface area contributed by atoms with Crippen LogP contribution in [0.4, 0.5) is 0 Å². The molecule has 20 heavy (non-hydrogen) atoms. The number of pyridine rings is 1. The van der Waals surface area contributed by atoms with E-state index in [0.29, 0.717) is 11.1 Å². The van der Waals surface area contributed by atoms with Crippen LogP contribution in [0.3, 0.4) is 0 Å². The van der Waals surface area contributed by atoms with Gasteiger partial charge in [-0.15, -0.1) is 0 Å². The number of hydrogen-bond acceptors (Lipinski definition) is 2. The van der Waals surface area contributed by atoms with Crippen LogP contribution in [0.25, 0.3) is 5.65 Å². The molecule has 0 bridgehead atoms. The third-order valence-corrected chi connectivity index (χ3v) is 3.58. The van der Waals surface area contributed by atoms with Crippen LogP contribution in [-0.2, 0) is 6.54 Å². The zero-order chi connectivity index (χ0) is 13.9. The first kappa shape index (κ1) is 13.2. The summed E-state index contributed by atoms with van der Waals surface area (Å²) in [6.07, 6.45) is 3.87. The second-order valence-corrected chi connectivity index (χ2v) is 5.29. The Kier molecular flexibility index (Phi) is 3.72. The van der Waals surface area contributed by atoms with Crippen LogP contribution in [-0.4, -0.2) is 9.38 Å². The van der Waals surface area contributed by atoms with Gasteiger partial charge in [0.05, 0.1) is 10.7 Å². The number of nitrogens with one attached hydrogen (secondary N) is 1. The van der Waals surface area contributed by atoms with Gasteiger partial charge in [0.25, 0.3) is 0 Å². The Labute approximate surface area is 123 Å². The summed E-state index contributed by atoms with van der Waals surface area (Å²) in [5.41, 5.74) is 3.20. The van der Waals surface area contributed by atoms with E-state index < -0.39 is 0 Å². The quantitative estimate of drug-likeness (QED) is 0.789. The Morgan fingerprint density at radius 2 is 1.95 bits per heavy atom. The molecule has 3 rings (SSSR count). The molecule has 0 aliphatic rings. The minimum atomic E-state index is 0.296. The van der Waals surface area contributed by atoms with Gasteiger partial charge in [-0.2, -0.15) is 0 Å². The van der Waals surface area contributed by atoms with Crippen molar-refractivity contribution in [2.45, 2.75) is 19.5 Å². The molecule has 1 aromatic carbocycles. The maximum absolute atomic E-state index is 5.97. The molecule has 0 aliphatic heterocycles. The smallest absolute Gasteiger partial charge is 0.137 e. The van der Waals surface area contributed by atoms with Crippen molar-refractivity contribution < 1.29 is 0 Å². The van der Waals surface area contributed by atoms with Crippen LogP contribution in [0.5, 0.6) is 0 Å². The van der Waals surface area contributed by atoms with Crippen LogP contribution < -0.4 is 5.32 Å². The van der Waals surface area contributed by atoms with Crippen molar-refractivity contribution in [3.63, 3.8) is 0 Å². The van der Waals surface area contributed by atoms with Crippen LogP contribution in [0.2, 0.25) is 5.02 Å². The normalized spacial score (nSPS) is 12.7. The Morgan fingerprint density at radius 1 is 1.15 bits per heavy atom. The minimum absolute atomic E-state index is 0.296. The second kappa shape index (κ2) is 5.65. The van der Waals surface area contributed by atoms with E-state index in [1.165, 1.54) is 5.56 Å². The number of hydrogen-bond donors (Lipinski definition) is 1. The van der Waals surface area contributed by atoms with Crippen LogP contribution in [0, 0.1) is 0 Å². The molecule has 2 aromatic heterocycles. The van der Waals surface area contributed by atoms with Crippen molar-refractivity contribution in [3.05, 3.63) is 71.1 Å². The highest BCUT2D eigenvalue weighted by molar-refractivity contribution is 6.30. The molecule has 1 atom stereocenters. The lowest BCUT2D eigenvalue weighted by atomic mass is 10.1. The first-order valence-electron chi connectivity index (χ1n) is 6.64. The average Bonchev–Trinajstić information content (AvgIpc) is 2.87. The van der Waals surface area contributed by atoms with E-state index in [0.717, 1.165) is 17.9 Å². The molecule has 0 saturated heterocycles. The number of benzene rings is 1. The van der Waals surface area contributed by atoms with Crippen LogP contribution >= 0.6 is 11.6 Å². The summed E-state index contributed by atoms with van der Waals surface area (Å²) in [6.45, 7) is 2.89. The van der Waals surface area contributed by atoms with E-state index in [4.69, 9.17) is 11.6 Å². The molecule has 0 fully saturated rings. The fourth-order valence-electron chi connectivity index (χ4n) is 2.22. The van der Waals surface area contributed by atoms with Gasteiger partial charge in [-0.1, -0.05) is 41.9 Å². The molecule has 3 nitrogen and oxygen atoms in total. The van der Waals surface area contributed by atoms with Crippen molar-refractivity contribution in [1.82, 2.24) is 14.7 Å². The Hall–Kier alpha value is -1.84. The lowest BCUT2D eigenvalue weighted by Gasteiger charge is -2.12. The van der Waals surface area contributed by atoms with Gasteiger partial charge in [0.2, 0.25) is 0 Å². The number of nitrogens with zero attached hydrogens (tertiary/aromatic N) is 2. The number of halogens is 1. The molecule has 0 aliphatic carbocycles. The number of fused-ring (bicyclic) bond motifs is 1. The van der Waals surface area contributed by atoms with Gasteiger partial charge in [-0.25, -0.2) is 4.98 Å². The maximum atomic E-state index is 5.97. The molecular formula is C16H16ClN3. The van der Waals surface area contributed by atoms with Crippen LogP contribution in [0.15, 0.2) is 54.9 Å². The summed E-state index contributed by atoms with van der Waals surface area (Å²) in [5.74, 6) is 0. The fraction of sp³-hybridized carbons (Fsp3) is 0.188. The maximum Gasteiger partial charge on any atom is 0.137 e. The van der Waals surface area contributed by atoms with Crippen LogP contribution in [0.1, 0.15) is 24.2 Å². The van der Waals surface area contributed by atoms with E-state index in [9.17, 15) is 0 Å². The topological polar surface area (TPSA) is 29.3 Å². The lowest BCUT2D eigenvalue weighted by molar-refractivity contribution is 0.569. The third kappa shape index (κ3) is 2.84. The zero-order valence-corrected chi connectivity index (χ0v) is 12.0. The van der Waals surface area contributed by atoms with Gasteiger partial charge in [0, 0.05) is 25.0 Å². The number of aromatic nitrogens is 2. The molecule has 0 amide bonds. The Balaban J connectivity index is 1.71. The SMILES string of the molecule is CC(NCc1cn2cc(Cl)ccc2n1)c1ccccc1. The van der Waals surface area contributed by atoms with Gasteiger partial charge in [-0.05, 0) is 24.6 Å². The number of rotatable bonds is 4. The van der Waals surface area contributed by atoms with E-state index >= 15 is 0 Å². The fourth-order valence-corrected chi connectivity index (χ4v) is 2.39. The molecule has 2 heterocycles. The minimum Gasteiger partial charge on any atom is -0.305 e. The van der Waals surface area contributed by atoms with E-state index in [-0.39, 0.29) is 0 Å². The standard InChI is InChI=1S/C16H16ClN3/c1-12(13-5-3-2-4-6-13)18-9-15-11-20-10-14(17)7-8-16(20)19-15/h2-8,10-12,18H,9H2,1H3. The van der Waals surface area contributed by atoms with Gasteiger partial charge >= 0.3 is 0 Å². The van der Waals surface area contributed by atoms with Gasteiger partial charge in [0.1, 0.15) is 5.65 Å². The average molecular weight is 286 g/mol. The van der Waals surface area contributed by atoms with E-state index in [2.05, 4.69) is 41.5 Å². The summed E-state index contributed by atoms with van der Waals surface area (Å²) in [5, 5.41) is 4.20. The lowest BCUT2D eigenvalue weighted by Crippen LogP contribution is -2.18. The third-order valence-electron chi connectivity index (χ3n) is 3.35. The molecule has 0 spiro atoms. The van der Waals surface area contributed by atoms with Crippen molar-refractivity contribution in [2.75, 3.05) is 0 Å². The first-order valence-corrected chi connectivity index (χ1v) is 7.01. The van der Waals surface area contributed by atoms with Crippen molar-refractivity contribution in [2.24, 2.45) is 0 Å². The second-order valence-electron chi connectivity index (χ2n) is 4.86. The molecule has 102 valence electrons. The Bertz CT molecular complexity index is 706. The predicted molar refractivity (Wildman–Crippen MR) is 81.9 cm³/mol.